The standard InChI is InChI=1S/C12H18N4O3/c1-8(11(17)16-12(18)13-2)15-7-9-4-5-14-10(6-9)19-3/h4-6,8,15H,7H2,1-3H3,(H2,13,16,17,18). The predicted molar refractivity (Wildman–Crippen MR) is 69.7 cm³/mol. The summed E-state index contributed by atoms with van der Waals surface area (Å²) in [5.74, 6) is 0.127. The number of ether oxygens (including phenoxy) is 1. The fourth-order valence-electron chi connectivity index (χ4n) is 1.32. The van der Waals surface area contributed by atoms with Gasteiger partial charge in [-0.15, -0.1) is 0 Å². The summed E-state index contributed by atoms with van der Waals surface area (Å²) in [4.78, 5) is 26.6. The van der Waals surface area contributed by atoms with Crippen molar-refractivity contribution in [2.75, 3.05) is 14.2 Å². The third-order valence-electron chi connectivity index (χ3n) is 2.48. The predicted octanol–water partition coefficient (Wildman–Crippen LogP) is 0.0239. The number of amides is 3. The fourth-order valence-corrected chi connectivity index (χ4v) is 1.32. The lowest BCUT2D eigenvalue weighted by atomic mass is 10.2. The number of urea groups is 1. The fraction of sp³-hybridized carbons (Fsp3) is 0.417. The zero-order valence-corrected chi connectivity index (χ0v) is 11.2. The molecule has 0 aliphatic rings. The molecule has 0 saturated heterocycles. The van der Waals surface area contributed by atoms with Crippen LogP contribution in [0.25, 0.3) is 0 Å². The first-order valence-electron chi connectivity index (χ1n) is 5.81. The number of nitrogens with one attached hydrogen (secondary N) is 3. The van der Waals surface area contributed by atoms with Crippen LogP contribution in [-0.2, 0) is 11.3 Å². The topological polar surface area (TPSA) is 92.4 Å². The van der Waals surface area contributed by atoms with E-state index >= 15 is 0 Å². The number of pyridine rings is 1. The molecule has 0 bridgehead atoms. The lowest BCUT2D eigenvalue weighted by Gasteiger charge is -2.13. The second-order valence-electron chi connectivity index (χ2n) is 3.88. The monoisotopic (exact) mass is 266 g/mol. The van der Waals surface area contributed by atoms with E-state index in [2.05, 4.69) is 20.9 Å². The van der Waals surface area contributed by atoms with E-state index in [9.17, 15) is 9.59 Å². The maximum Gasteiger partial charge on any atom is 0.321 e. The molecule has 1 rings (SSSR count). The number of hydrogen-bond donors (Lipinski definition) is 3. The normalized spacial score (nSPS) is 11.5. The summed E-state index contributed by atoms with van der Waals surface area (Å²) in [5.41, 5.74) is 0.937. The summed E-state index contributed by atoms with van der Waals surface area (Å²) >= 11 is 0. The SMILES string of the molecule is CNC(=O)NC(=O)C(C)NCc1ccnc(OC)c1. The van der Waals surface area contributed by atoms with Crippen molar-refractivity contribution < 1.29 is 14.3 Å². The number of carbonyl (C=O) groups excluding carboxylic acids is 2. The molecule has 3 amide bonds. The maximum absolute atomic E-state index is 11.6. The largest absolute Gasteiger partial charge is 0.481 e. The summed E-state index contributed by atoms with van der Waals surface area (Å²) in [6, 6.07) is 2.58. The highest BCUT2D eigenvalue weighted by atomic mass is 16.5. The van der Waals surface area contributed by atoms with Gasteiger partial charge in [-0.2, -0.15) is 0 Å². The van der Waals surface area contributed by atoms with Crippen molar-refractivity contribution in [3.8, 4) is 5.88 Å². The van der Waals surface area contributed by atoms with Crippen LogP contribution in [0.15, 0.2) is 18.3 Å². The van der Waals surface area contributed by atoms with E-state index in [-0.39, 0.29) is 5.91 Å². The van der Waals surface area contributed by atoms with Crippen LogP contribution in [-0.4, -0.2) is 37.1 Å². The Morgan fingerprint density at radius 3 is 2.84 bits per heavy atom. The van der Waals surface area contributed by atoms with E-state index in [4.69, 9.17) is 4.74 Å². The zero-order valence-electron chi connectivity index (χ0n) is 11.2. The summed E-state index contributed by atoms with van der Waals surface area (Å²) in [6.45, 7) is 2.15. The van der Waals surface area contributed by atoms with E-state index in [1.807, 2.05) is 6.07 Å². The van der Waals surface area contributed by atoms with Crippen LogP contribution in [0.1, 0.15) is 12.5 Å². The minimum atomic E-state index is -0.524. The van der Waals surface area contributed by atoms with Crippen molar-refractivity contribution in [3.63, 3.8) is 0 Å². The Bertz CT molecular complexity index is 450. The van der Waals surface area contributed by atoms with Gasteiger partial charge < -0.3 is 15.4 Å². The molecule has 1 heterocycles. The second kappa shape index (κ2) is 7.32. The molecule has 1 aromatic rings. The van der Waals surface area contributed by atoms with Crippen LogP contribution in [0.5, 0.6) is 5.88 Å². The number of methoxy groups -OCH3 is 1. The third kappa shape index (κ3) is 4.92. The first-order chi connectivity index (χ1) is 9.06. The number of hydrogen-bond acceptors (Lipinski definition) is 5. The Hall–Kier alpha value is -2.15. The molecule has 7 heteroatoms. The van der Waals surface area contributed by atoms with Crippen molar-refractivity contribution in [1.82, 2.24) is 20.9 Å². The lowest BCUT2D eigenvalue weighted by Crippen LogP contribution is -2.47. The molecule has 0 aliphatic carbocycles. The highest BCUT2D eigenvalue weighted by molar-refractivity contribution is 5.96. The minimum absolute atomic E-state index is 0.389. The first-order valence-corrected chi connectivity index (χ1v) is 5.81. The molecule has 19 heavy (non-hydrogen) atoms. The molecule has 1 atom stereocenters. The summed E-state index contributed by atoms with van der Waals surface area (Å²) < 4.78 is 5.01. The van der Waals surface area contributed by atoms with Crippen LogP contribution < -0.4 is 20.7 Å². The molecular formula is C12H18N4O3. The van der Waals surface area contributed by atoms with Crippen LogP contribution in [0, 0.1) is 0 Å². The Balaban J connectivity index is 2.46. The zero-order chi connectivity index (χ0) is 14.3. The smallest absolute Gasteiger partial charge is 0.321 e. The number of aromatic nitrogens is 1. The molecule has 0 saturated carbocycles. The lowest BCUT2D eigenvalue weighted by molar-refractivity contribution is -0.121. The number of rotatable bonds is 5. The van der Waals surface area contributed by atoms with E-state index in [0.717, 1.165) is 5.56 Å². The number of imide groups is 1. The van der Waals surface area contributed by atoms with Crippen molar-refractivity contribution >= 4 is 11.9 Å². The quantitative estimate of drug-likeness (QED) is 0.699. The molecule has 0 radical (unpaired) electrons. The van der Waals surface area contributed by atoms with Gasteiger partial charge in [0.1, 0.15) is 0 Å². The highest BCUT2D eigenvalue weighted by Crippen LogP contribution is 2.08. The average molecular weight is 266 g/mol. The summed E-state index contributed by atoms with van der Waals surface area (Å²) in [6.07, 6.45) is 1.63. The molecule has 0 aromatic carbocycles. The van der Waals surface area contributed by atoms with Gasteiger partial charge in [0.15, 0.2) is 0 Å². The van der Waals surface area contributed by atoms with Gasteiger partial charge in [0.2, 0.25) is 11.8 Å². The van der Waals surface area contributed by atoms with Gasteiger partial charge in [0, 0.05) is 25.9 Å². The van der Waals surface area contributed by atoms with Gasteiger partial charge in [-0.3, -0.25) is 10.1 Å². The molecule has 1 aromatic heterocycles. The molecule has 3 N–H and O–H groups in total. The molecule has 0 spiro atoms. The molecule has 1 unspecified atom stereocenters. The van der Waals surface area contributed by atoms with Gasteiger partial charge in [-0.25, -0.2) is 9.78 Å². The molecule has 104 valence electrons. The molecule has 7 nitrogen and oxygen atoms in total. The molecule has 0 aliphatic heterocycles. The first kappa shape index (κ1) is 14.9. The van der Waals surface area contributed by atoms with E-state index < -0.39 is 12.1 Å². The van der Waals surface area contributed by atoms with Gasteiger partial charge in [-0.1, -0.05) is 0 Å². The minimum Gasteiger partial charge on any atom is -0.481 e. The molecular weight excluding hydrogens is 248 g/mol. The highest BCUT2D eigenvalue weighted by Gasteiger charge is 2.14. The van der Waals surface area contributed by atoms with Crippen molar-refractivity contribution in [2.45, 2.75) is 19.5 Å². The number of carbonyl (C=O) groups is 2. The van der Waals surface area contributed by atoms with Crippen molar-refractivity contribution in [3.05, 3.63) is 23.9 Å². The second-order valence-corrected chi connectivity index (χ2v) is 3.88. The summed E-state index contributed by atoms with van der Waals surface area (Å²) in [7, 11) is 2.99. The van der Waals surface area contributed by atoms with Crippen LogP contribution in [0.4, 0.5) is 4.79 Å². The van der Waals surface area contributed by atoms with Gasteiger partial charge in [0.25, 0.3) is 0 Å². The Morgan fingerprint density at radius 2 is 2.21 bits per heavy atom. The van der Waals surface area contributed by atoms with Gasteiger partial charge in [0.05, 0.1) is 13.2 Å². The molecule has 0 fully saturated rings. The van der Waals surface area contributed by atoms with Crippen LogP contribution in [0.3, 0.4) is 0 Å². The summed E-state index contributed by atoms with van der Waals surface area (Å²) in [5, 5.41) is 7.52. The Morgan fingerprint density at radius 1 is 1.47 bits per heavy atom. The number of nitrogens with zero attached hydrogens (tertiary/aromatic N) is 1. The maximum atomic E-state index is 11.6. The van der Waals surface area contributed by atoms with Crippen molar-refractivity contribution in [2.24, 2.45) is 0 Å². The Kier molecular flexibility index (Phi) is 5.74. The van der Waals surface area contributed by atoms with Gasteiger partial charge in [-0.05, 0) is 18.6 Å². The van der Waals surface area contributed by atoms with E-state index in [1.165, 1.54) is 7.05 Å². The van der Waals surface area contributed by atoms with Crippen LogP contribution in [0.2, 0.25) is 0 Å². The van der Waals surface area contributed by atoms with E-state index in [0.29, 0.717) is 12.4 Å². The Labute approximate surface area is 111 Å². The van der Waals surface area contributed by atoms with Gasteiger partial charge >= 0.3 is 6.03 Å². The van der Waals surface area contributed by atoms with E-state index in [1.54, 1.807) is 26.3 Å². The van der Waals surface area contributed by atoms with Crippen molar-refractivity contribution in [1.29, 1.82) is 0 Å². The van der Waals surface area contributed by atoms with Crippen LogP contribution >= 0.6 is 0 Å². The average Bonchev–Trinajstić information content (AvgIpc) is 2.44. The third-order valence-corrected chi connectivity index (χ3v) is 2.48.